The van der Waals surface area contributed by atoms with Crippen molar-refractivity contribution in [1.82, 2.24) is 19.9 Å². The lowest BCUT2D eigenvalue weighted by atomic mass is 10.0. The predicted molar refractivity (Wildman–Crippen MR) is 129 cm³/mol. The van der Waals surface area contributed by atoms with E-state index in [4.69, 9.17) is 19.4 Å². The average Bonchev–Trinajstić information content (AvgIpc) is 3.08. The van der Waals surface area contributed by atoms with E-state index in [0.717, 1.165) is 63.9 Å². The highest BCUT2D eigenvalue weighted by atomic mass is 16.5. The molecule has 0 aliphatic carbocycles. The summed E-state index contributed by atoms with van der Waals surface area (Å²) in [5.41, 5.74) is 5.93. The Labute approximate surface area is 190 Å². The number of aromatic nitrogens is 3. The third-order valence-corrected chi connectivity index (χ3v) is 6.33. The molecule has 32 heavy (non-hydrogen) atoms. The highest BCUT2D eigenvalue weighted by molar-refractivity contribution is 5.85. The lowest BCUT2D eigenvalue weighted by Crippen LogP contribution is -2.38. The Kier molecular flexibility index (Phi) is 7.27. The maximum Gasteiger partial charge on any atom is 0.318 e. The van der Waals surface area contributed by atoms with Crippen molar-refractivity contribution in [3.8, 4) is 6.01 Å². The summed E-state index contributed by atoms with van der Waals surface area (Å²) in [7, 11) is 0. The number of H-pyrrole nitrogens is 1. The molecule has 1 saturated heterocycles. The molecule has 1 fully saturated rings. The summed E-state index contributed by atoms with van der Waals surface area (Å²) >= 11 is 0. The van der Waals surface area contributed by atoms with Crippen LogP contribution in [0.2, 0.25) is 0 Å². The van der Waals surface area contributed by atoms with E-state index in [2.05, 4.69) is 66.7 Å². The highest BCUT2D eigenvalue weighted by Gasteiger charge is 2.14. The molecule has 1 N–H and O–H groups in total. The Bertz CT molecular complexity index is 1040. The van der Waals surface area contributed by atoms with Crippen LogP contribution in [0.4, 0.5) is 5.82 Å². The molecule has 3 heterocycles. The molecule has 0 spiro atoms. The molecular formula is C25H35N5O2. The maximum atomic E-state index is 6.02. The third kappa shape index (κ3) is 5.22. The number of benzene rings is 1. The van der Waals surface area contributed by atoms with Crippen LogP contribution in [0, 0.1) is 13.8 Å². The maximum absolute atomic E-state index is 6.02. The lowest BCUT2D eigenvalue weighted by Gasteiger charge is -2.26. The first-order valence-corrected chi connectivity index (χ1v) is 11.7. The largest absolute Gasteiger partial charge is 0.462 e. The van der Waals surface area contributed by atoms with Crippen LogP contribution in [-0.4, -0.2) is 72.4 Å². The van der Waals surface area contributed by atoms with Gasteiger partial charge in [-0.1, -0.05) is 6.07 Å². The van der Waals surface area contributed by atoms with Gasteiger partial charge in [0.1, 0.15) is 12.4 Å². The summed E-state index contributed by atoms with van der Waals surface area (Å²) < 4.78 is 11.4. The van der Waals surface area contributed by atoms with E-state index >= 15 is 0 Å². The van der Waals surface area contributed by atoms with Gasteiger partial charge in [0.05, 0.1) is 18.9 Å². The molecule has 0 saturated carbocycles. The Morgan fingerprint density at radius 2 is 1.88 bits per heavy atom. The van der Waals surface area contributed by atoms with Crippen LogP contribution in [-0.2, 0) is 11.2 Å². The van der Waals surface area contributed by atoms with Gasteiger partial charge in [-0.3, -0.25) is 4.90 Å². The Morgan fingerprint density at radius 3 is 2.62 bits per heavy atom. The van der Waals surface area contributed by atoms with E-state index in [9.17, 15) is 0 Å². The summed E-state index contributed by atoms with van der Waals surface area (Å²) in [5, 5.41) is 1.28. The molecule has 0 amide bonds. The predicted octanol–water partition coefficient (Wildman–Crippen LogP) is 3.72. The van der Waals surface area contributed by atoms with Crippen LogP contribution < -0.4 is 9.64 Å². The van der Waals surface area contributed by atoms with Crippen LogP contribution in [0.25, 0.3) is 10.9 Å². The van der Waals surface area contributed by atoms with Crippen LogP contribution in [0.5, 0.6) is 6.01 Å². The van der Waals surface area contributed by atoms with Crippen LogP contribution in [0.15, 0.2) is 24.3 Å². The zero-order valence-corrected chi connectivity index (χ0v) is 19.8. The minimum Gasteiger partial charge on any atom is -0.462 e. The molecule has 1 aromatic carbocycles. The molecule has 2 aromatic heterocycles. The van der Waals surface area contributed by atoms with Gasteiger partial charge in [-0.15, -0.1) is 0 Å². The number of nitrogens with one attached hydrogen (secondary N) is 1. The molecule has 0 bridgehead atoms. The summed E-state index contributed by atoms with van der Waals surface area (Å²) in [6.07, 6.45) is 0.746. The molecule has 0 atom stereocenters. The topological polar surface area (TPSA) is 66.5 Å². The fourth-order valence-electron chi connectivity index (χ4n) is 4.24. The summed E-state index contributed by atoms with van der Waals surface area (Å²) in [4.78, 5) is 17.5. The van der Waals surface area contributed by atoms with E-state index in [0.29, 0.717) is 12.6 Å². The van der Waals surface area contributed by atoms with Crippen molar-refractivity contribution in [2.24, 2.45) is 0 Å². The van der Waals surface area contributed by atoms with E-state index in [1.165, 1.54) is 27.7 Å². The number of rotatable bonds is 9. The number of hydrogen-bond donors (Lipinski definition) is 1. The minimum absolute atomic E-state index is 0.465. The van der Waals surface area contributed by atoms with E-state index in [1.54, 1.807) is 0 Å². The van der Waals surface area contributed by atoms with Crippen molar-refractivity contribution < 1.29 is 9.47 Å². The molecule has 1 aliphatic rings. The zero-order valence-electron chi connectivity index (χ0n) is 19.8. The Morgan fingerprint density at radius 1 is 1.09 bits per heavy atom. The Balaban J connectivity index is 1.53. The summed E-state index contributed by atoms with van der Waals surface area (Å²) in [5.74, 6) is 0.927. The van der Waals surface area contributed by atoms with Crippen molar-refractivity contribution in [3.63, 3.8) is 0 Å². The number of nitrogens with zero attached hydrogens (tertiary/aromatic N) is 4. The van der Waals surface area contributed by atoms with Crippen molar-refractivity contribution >= 4 is 16.7 Å². The molecule has 7 heteroatoms. The van der Waals surface area contributed by atoms with E-state index in [-0.39, 0.29) is 0 Å². The number of morpholine rings is 1. The van der Waals surface area contributed by atoms with Crippen molar-refractivity contribution in [3.05, 3.63) is 46.8 Å². The van der Waals surface area contributed by atoms with E-state index in [1.807, 2.05) is 0 Å². The second kappa shape index (κ2) is 10.3. The van der Waals surface area contributed by atoms with Crippen LogP contribution >= 0.6 is 0 Å². The smallest absolute Gasteiger partial charge is 0.318 e. The number of fused-ring (bicyclic) bond motifs is 1. The molecule has 0 unspecified atom stereocenters. The van der Waals surface area contributed by atoms with Gasteiger partial charge in [-0.05, 0) is 51.0 Å². The van der Waals surface area contributed by atoms with Gasteiger partial charge in [0.25, 0.3) is 0 Å². The second-order valence-electron chi connectivity index (χ2n) is 8.41. The minimum atomic E-state index is 0.465. The zero-order chi connectivity index (χ0) is 22.5. The number of hydrogen-bond acceptors (Lipinski definition) is 6. The molecule has 0 radical (unpaired) electrons. The van der Waals surface area contributed by atoms with Gasteiger partial charge in [0, 0.05) is 61.8 Å². The Hall–Kier alpha value is -2.64. The number of aryl methyl sites for hydroxylation is 2. The van der Waals surface area contributed by atoms with Gasteiger partial charge < -0.3 is 19.4 Å². The van der Waals surface area contributed by atoms with Crippen LogP contribution in [0.1, 0.15) is 36.4 Å². The first-order valence-electron chi connectivity index (χ1n) is 11.7. The van der Waals surface area contributed by atoms with Crippen molar-refractivity contribution in [1.29, 1.82) is 0 Å². The van der Waals surface area contributed by atoms with Crippen molar-refractivity contribution in [2.75, 3.05) is 57.4 Å². The van der Waals surface area contributed by atoms with Gasteiger partial charge >= 0.3 is 6.01 Å². The average molecular weight is 438 g/mol. The summed E-state index contributed by atoms with van der Waals surface area (Å²) in [6, 6.07) is 9.17. The van der Waals surface area contributed by atoms with Gasteiger partial charge in [-0.2, -0.15) is 9.97 Å². The molecule has 7 nitrogen and oxygen atoms in total. The first-order chi connectivity index (χ1) is 15.6. The van der Waals surface area contributed by atoms with Crippen molar-refractivity contribution in [2.45, 2.75) is 34.1 Å². The number of ether oxygens (including phenoxy) is 2. The molecule has 172 valence electrons. The van der Waals surface area contributed by atoms with E-state index < -0.39 is 0 Å². The SMILES string of the molecule is CCN(CC)c1cc(Cc2ccc3[nH]c(C)c(C)c3c2)nc(OCCN2CCOCC2)n1. The fraction of sp³-hybridized carbons (Fsp3) is 0.520. The lowest BCUT2D eigenvalue weighted by molar-refractivity contribution is 0.0317. The molecule has 4 rings (SSSR count). The second-order valence-corrected chi connectivity index (χ2v) is 8.41. The molecule has 1 aliphatic heterocycles. The summed E-state index contributed by atoms with van der Waals surface area (Å²) in [6.45, 7) is 15.3. The number of anilines is 1. The van der Waals surface area contributed by atoms with Gasteiger partial charge in [0.2, 0.25) is 0 Å². The quantitative estimate of drug-likeness (QED) is 0.550. The highest BCUT2D eigenvalue weighted by Crippen LogP contribution is 2.24. The fourth-order valence-corrected chi connectivity index (χ4v) is 4.24. The van der Waals surface area contributed by atoms with Gasteiger partial charge in [0.15, 0.2) is 0 Å². The molecular weight excluding hydrogens is 402 g/mol. The monoisotopic (exact) mass is 437 g/mol. The standard InChI is InChI=1S/C25H35N5O2/c1-5-30(6-2)24-17-21(15-20-7-8-23-22(16-20)18(3)19(4)26-23)27-25(28-24)32-14-11-29-9-12-31-13-10-29/h7-8,16-17,26H,5-6,9-15H2,1-4H3. The van der Waals surface area contributed by atoms with Gasteiger partial charge in [-0.25, -0.2) is 0 Å². The third-order valence-electron chi connectivity index (χ3n) is 6.33. The normalized spacial score (nSPS) is 14.8. The first kappa shape index (κ1) is 22.6. The van der Waals surface area contributed by atoms with Crippen LogP contribution in [0.3, 0.4) is 0 Å². The molecule has 3 aromatic rings. The number of aromatic amines is 1.